The Bertz CT molecular complexity index is 801. The fraction of sp³-hybridized carbons (Fsp3) is 0.300. The summed E-state index contributed by atoms with van der Waals surface area (Å²) in [6, 6.07) is 15.5. The number of hydrogen-bond donors (Lipinski definition) is 1. The third kappa shape index (κ3) is 4.32. The molecule has 0 spiro atoms. The van der Waals surface area contributed by atoms with Gasteiger partial charge in [0.25, 0.3) is 0 Å². The number of benzene rings is 2. The van der Waals surface area contributed by atoms with E-state index in [0.717, 1.165) is 43.3 Å². The number of hydrogen-bond acceptors (Lipinski definition) is 4. The molecule has 1 aliphatic rings. The van der Waals surface area contributed by atoms with Gasteiger partial charge in [-0.2, -0.15) is 0 Å². The van der Waals surface area contributed by atoms with Crippen LogP contribution in [0.25, 0.3) is 0 Å². The van der Waals surface area contributed by atoms with Crippen LogP contribution in [0.3, 0.4) is 0 Å². The Morgan fingerprint density at radius 3 is 2.50 bits per heavy atom. The van der Waals surface area contributed by atoms with Crippen molar-refractivity contribution >= 4 is 34.5 Å². The number of ketones is 1. The van der Waals surface area contributed by atoms with E-state index in [0.29, 0.717) is 10.7 Å². The lowest BCUT2D eigenvalue weighted by atomic mass is 10.1. The van der Waals surface area contributed by atoms with Gasteiger partial charge in [0.05, 0.1) is 7.11 Å². The van der Waals surface area contributed by atoms with E-state index in [4.69, 9.17) is 17.0 Å². The van der Waals surface area contributed by atoms with Gasteiger partial charge >= 0.3 is 0 Å². The van der Waals surface area contributed by atoms with Crippen LogP contribution >= 0.6 is 12.2 Å². The quantitative estimate of drug-likeness (QED) is 0.658. The van der Waals surface area contributed by atoms with E-state index in [1.807, 2.05) is 36.4 Å². The Labute approximate surface area is 159 Å². The number of nitrogens with zero attached hydrogens (tertiary/aromatic N) is 2. The molecule has 26 heavy (non-hydrogen) atoms. The van der Waals surface area contributed by atoms with Gasteiger partial charge in [0, 0.05) is 49.2 Å². The number of anilines is 2. The van der Waals surface area contributed by atoms with Crippen molar-refractivity contribution in [2.75, 3.05) is 43.5 Å². The Hall–Kier alpha value is -2.60. The average Bonchev–Trinajstić information content (AvgIpc) is 2.68. The molecule has 0 atom stereocenters. The first-order valence-electron chi connectivity index (χ1n) is 8.63. The molecule has 1 N–H and O–H groups in total. The van der Waals surface area contributed by atoms with Crippen LogP contribution < -0.4 is 15.0 Å². The van der Waals surface area contributed by atoms with Gasteiger partial charge in [-0.05, 0) is 43.4 Å². The van der Waals surface area contributed by atoms with E-state index >= 15 is 0 Å². The van der Waals surface area contributed by atoms with Gasteiger partial charge in [0.15, 0.2) is 10.9 Å². The smallest absolute Gasteiger partial charge is 0.173 e. The summed E-state index contributed by atoms with van der Waals surface area (Å²) in [7, 11) is 1.68. The van der Waals surface area contributed by atoms with Gasteiger partial charge in [0.1, 0.15) is 5.75 Å². The minimum atomic E-state index is 0.0477. The zero-order valence-corrected chi connectivity index (χ0v) is 15.9. The molecule has 2 aromatic rings. The predicted octanol–water partition coefficient (Wildman–Crippen LogP) is 3.42. The highest BCUT2D eigenvalue weighted by atomic mass is 32.1. The number of Topliss-reactive ketones (excluding diaryl/α,β-unsaturated/α-hetero) is 1. The molecule has 0 radical (unpaired) electrons. The monoisotopic (exact) mass is 369 g/mol. The van der Waals surface area contributed by atoms with Gasteiger partial charge < -0.3 is 19.9 Å². The van der Waals surface area contributed by atoms with Gasteiger partial charge in [-0.3, -0.25) is 4.79 Å². The van der Waals surface area contributed by atoms with Crippen molar-refractivity contribution in [2.24, 2.45) is 0 Å². The maximum absolute atomic E-state index is 11.5. The Kier molecular flexibility index (Phi) is 5.73. The molecule has 1 saturated heterocycles. The summed E-state index contributed by atoms with van der Waals surface area (Å²) in [5.74, 6) is 0.916. The summed E-state index contributed by atoms with van der Waals surface area (Å²) < 4.78 is 5.31. The second-order valence-corrected chi connectivity index (χ2v) is 6.63. The van der Waals surface area contributed by atoms with E-state index in [-0.39, 0.29) is 5.78 Å². The number of rotatable bonds is 4. The SMILES string of the molecule is COc1cccc(N2CCN(C(=S)Nc3cccc(C(C)=O)c3)CC2)c1. The van der Waals surface area contributed by atoms with Crippen LogP contribution in [0.1, 0.15) is 17.3 Å². The predicted molar refractivity (Wildman–Crippen MR) is 109 cm³/mol. The number of piperazine rings is 1. The van der Waals surface area contributed by atoms with Crippen molar-refractivity contribution in [3.8, 4) is 5.75 Å². The van der Waals surface area contributed by atoms with Gasteiger partial charge in [-0.25, -0.2) is 0 Å². The first kappa shape index (κ1) is 18.2. The number of nitrogens with one attached hydrogen (secondary N) is 1. The number of carbonyl (C=O) groups excluding carboxylic acids is 1. The lowest BCUT2D eigenvalue weighted by molar-refractivity contribution is 0.101. The van der Waals surface area contributed by atoms with E-state index in [1.54, 1.807) is 14.0 Å². The molecule has 0 unspecified atom stereocenters. The van der Waals surface area contributed by atoms with Crippen LogP contribution in [0.15, 0.2) is 48.5 Å². The van der Waals surface area contributed by atoms with E-state index in [9.17, 15) is 4.79 Å². The highest BCUT2D eigenvalue weighted by Gasteiger charge is 2.19. The second kappa shape index (κ2) is 8.19. The Morgan fingerprint density at radius 2 is 1.81 bits per heavy atom. The van der Waals surface area contributed by atoms with Crippen LogP contribution in [0.2, 0.25) is 0 Å². The fourth-order valence-corrected chi connectivity index (χ4v) is 3.29. The molecule has 0 aromatic heterocycles. The van der Waals surface area contributed by atoms with Gasteiger partial charge in [-0.15, -0.1) is 0 Å². The number of thiocarbonyl (C=S) groups is 1. The minimum Gasteiger partial charge on any atom is -0.497 e. The average molecular weight is 369 g/mol. The molecule has 1 fully saturated rings. The Morgan fingerprint density at radius 1 is 1.08 bits per heavy atom. The summed E-state index contributed by atoms with van der Waals surface area (Å²) in [6.45, 7) is 5.03. The third-order valence-electron chi connectivity index (χ3n) is 4.51. The van der Waals surface area contributed by atoms with Crippen molar-refractivity contribution in [1.29, 1.82) is 0 Å². The van der Waals surface area contributed by atoms with Crippen LogP contribution in [0.4, 0.5) is 11.4 Å². The summed E-state index contributed by atoms with van der Waals surface area (Å²) >= 11 is 5.55. The standard InChI is InChI=1S/C20H23N3O2S/c1-15(24)16-5-3-6-17(13-16)21-20(26)23-11-9-22(10-12-23)18-7-4-8-19(14-18)25-2/h3-8,13-14H,9-12H2,1-2H3,(H,21,26). The van der Waals surface area contributed by atoms with Crippen molar-refractivity contribution in [2.45, 2.75) is 6.92 Å². The largest absolute Gasteiger partial charge is 0.497 e. The first-order chi connectivity index (χ1) is 12.6. The topological polar surface area (TPSA) is 44.8 Å². The lowest BCUT2D eigenvalue weighted by Gasteiger charge is -2.37. The molecule has 1 aliphatic heterocycles. The highest BCUT2D eigenvalue weighted by molar-refractivity contribution is 7.80. The number of methoxy groups -OCH3 is 1. The number of ether oxygens (including phenoxy) is 1. The lowest BCUT2D eigenvalue weighted by Crippen LogP contribution is -2.50. The van der Waals surface area contributed by atoms with Crippen molar-refractivity contribution < 1.29 is 9.53 Å². The Balaban J connectivity index is 1.58. The summed E-state index contributed by atoms with van der Waals surface area (Å²) in [6.07, 6.45) is 0. The molecule has 5 nitrogen and oxygen atoms in total. The molecule has 2 aromatic carbocycles. The second-order valence-electron chi connectivity index (χ2n) is 6.24. The van der Waals surface area contributed by atoms with Crippen molar-refractivity contribution in [3.63, 3.8) is 0 Å². The molecule has 0 aliphatic carbocycles. The molecular formula is C20H23N3O2S. The summed E-state index contributed by atoms with van der Waals surface area (Å²) in [5, 5.41) is 3.94. The number of carbonyl (C=O) groups is 1. The van der Waals surface area contributed by atoms with E-state index in [2.05, 4.69) is 27.2 Å². The highest BCUT2D eigenvalue weighted by Crippen LogP contribution is 2.22. The first-order valence-corrected chi connectivity index (χ1v) is 9.03. The molecule has 1 heterocycles. The fourth-order valence-electron chi connectivity index (χ4n) is 2.99. The molecule has 3 rings (SSSR count). The maximum atomic E-state index is 11.5. The summed E-state index contributed by atoms with van der Waals surface area (Å²) in [4.78, 5) is 16.0. The molecule has 136 valence electrons. The summed E-state index contributed by atoms with van der Waals surface area (Å²) in [5.41, 5.74) is 2.69. The van der Waals surface area contributed by atoms with Crippen molar-refractivity contribution in [1.82, 2.24) is 4.90 Å². The zero-order chi connectivity index (χ0) is 18.5. The maximum Gasteiger partial charge on any atom is 0.173 e. The van der Waals surface area contributed by atoms with Crippen LogP contribution in [0, 0.1) is 0 Å². The van der Waals surface area contributed by atoms with Gasteiger partial charge in [-0.1, -0.05) is 18.2 Å². The van der Waals surface area contributed by atoms with Crippen LogP contribution in [-0.4, -0.2) is 49.1 Å². The van der Waals surface area contributed by atoms with Gasteiger partial charge in [0.2, 0.25) is 0 Å². The normalized spacial score (nSPS) is 14.1. The molecule has 6 heteroatoms. The van der Waals surface area contributed by atoms with E-state index in [1.165, 1.54) is 0 Å². The van der Waals surface area contributed by atoms with Crippen LogP contribution in [0.5, 0.6) is 5.75 Å². The zero-order valence-electron chi connectivity index (χ0n) is 15.1. The molecular weight excluding hydrogens is 346 g/mol. The molecule has 0 bridgehead atoms. The minimum absolute atomic E-state index is 0.0477. The van der Waals surface area contributed by atoms with Crippen LogP contribution in [-0.2, 0) is 0 Å². The molecule has 0 saturated carbocycles. The molecule has 0 amide bonds. The van der Waals surface area contributed by atoms with E-state index < -0.39 is 0 Å². The van der Waals surface area contributed by atoms with Crippen molar-refractivity contribution in [3.05, 3.63) is 54.1 Å². The third-order valence-corrected chi connectivity index (χ3v) is 4.87.